The fourth-order valence-corrected chi connectivity index (χ4v) is 2.97. The summed E-state index contributed by atoms with van der Waals surface area (Å²) in [5.74, 6) is 0.117. The van der Waals surface area contributed by atoms with Gasteiger partial charge in [0, 0.05) is 13.1 Å². The van der Waals surface area contributed by atoms with Gasteiger partial charge in [-0.15, -0.1) is 15.0 Å². The van der Waals surface area contributed by atoms with Crippen molar-refractivity contribution in [2.24, 2.45) is 0 Å². The van der Waals surface area contributed by atoms with Crippen molar-refractivity contribution in [1.82, 2.24) is 15.0 Å². The second kappa shape index (κ2) is 6.14. The van der Waals surface area contributed by atoms with Gasteiger partial charge in [0.1, 0.15) is 11.8 Å². The molecule has 1 fully saturated rings. The van der Waals surface area contributed by atoms with Gasteiger partial charge in [-0.05, 0) is 25.0 Å². The third-order valence-electron chi connectivity index (χ3n) is 4.23. The lowest BCUT2D eigenvalue weighted by molar-refractivity contribution is 0.425. The Hall–Kier alpha value is -2.42. The van der Waals surface area contributed by atoms with Crippen LogP contribution < -0.4 is 4.90 Å². The van der Waals surface area contributed by atoms with Crippen molar-refractivity contribution in [3.05, 3.63) is 35.8 Å². The Labute approximate surface area is 129 Å². The van der Waals surface area contributed by atoms with E-state index in [-0.39, 0.29) is 11.4 Å². The molecule has 5 nitrogen and oxygen atoms in total. The number of para-hydroxylation sites is 1. The molecule has 0 saturated heterocycles. The van der Waals surface area contributed by atoms with Crippen molar-refractivity contribution in [3.63, 3.8) is 0 Å². The van der Waals surface area contributed by atoms with Crippen molar-refractivity contribution in [3.8, 4) is 11.8 Å². The molecule has 0 N–H and O–H groups in total. The summed E-state index contributed by atoms with van der Waals surface area (Å²) in [5, 5.41) is 17.8. The number of nitrogens with zero attached hydrogens (tertiary/aromatic N) is 5. The van der Waals surface area contributed by atoms with Crippen LogP contribution in [0.25, 0.3) is 5.69 Å². The number of benzene rings is 1. The van der Waals surface area contributed by atoms with E-state index in [1.165, 1.54) is 30.1 Å². The second-order valence-electron chi connectivity index (χ2n) is 5.63. The Balaban J connectivity index is 1.95. The van der Waals surface area contributed by atoms with Gasteiger partial charge in [-0.25, -0.2) is 4.39 Å². The third kappa shape index (κ3) is 2.67. The fraction of sp³-hybridized carbons (Fsp3) is 0.438. The lowest BCUT2D eigenvalue weighted by Gasteiger charge is -2.31. The number of rotatable bonds is 3. The normalized spacial score (nSPS) is 15.5. The molecule has 6 heteroatoms. The molecule has 114 valence electrons. The van der Waals surface area contributed by atoms with E-state index in [2.05, 4.69) is 16.3 Å². The van der Waals surface area contributed by atoms with Gasteiger partial charge in [-0.2, -0.15) is 5.26 Å². The molecule has 1 saturated carbocycles. The molecule has 2 aromatic rings. The van der Waals surface area contributed by atoms with Gasteiger partial charge in [0.05, 0.1) is 0 Å². The van der Waals surface area contributed by atoms with E-state index >= 15 is 0 Å². The van der Waals surface area contributed by atoms with Crippen LogP contribution in [0.1, 0.15) is 37.8 Å². The molecule has 1 aromatic heterocycles. The highest BCUT2D eigenvalue weighted by atomic mass is 19.1. The van der Waals surface area contributed by atoms with Gasteiger partial charge in [-0.1, -0.05) is 31.4 Å². The molecule has 0 amide bonds. The van der Waals surface area contributed by atoms with Crippen LogP contribution in [0.4, 0.5) is 10.2 Å². The summed E-state index contributed by atoms with van der Waals surface area (Å²) in [7, 11) is 1.94. The lowest BCUT2D eigenvalue weighted by Crippen LogP contribution is -2.34. The Morgan fingerprint density at radius 3 is 2.64 bits per heavy atom. The second-order valence-corrected chi connectivity index (χ2v) is 5.63. The molecule has 0 aliphatic heterocycles. The van der Waals surface area contributed by atoms with Gasteiger partial charge in [0.15, 0.2) is 11.6 Å². The summed E-state index contributed by atoms with van der Waals surface area (Å²) in [5.41, 5.74) is 0.485. The van der Waals surface area contributed by atoms with Crippen molar-refractivity contribution in [2.75, 3.05) is 11.9 Å². The van der Waals surface area contributed by atoms with E-state index in [9.17, 15) is 9.65 Å². The largest absolute Gasteiger partial charge is 0.353 e. The summed E-state index contributed by atoms with van der Waals surface area (Å²) in [6.45, 7) is 0. The van der Waals surface area contributed by atoms with Crippen molar-refractivity contribution < 1.29 is 4.39 Å². The maximum atomic E-state index is 13.9. The predicted octanol–water partition coefficient (Wildman–Crippen LogP) is 3.05. The zero-order valence-corrected chi connectivity index (χ0v) is 12.5. The van der Waals surface area contributed by atoms with E-state index in [4.69, 9.17) is 0 Å². The number of halogens is 1. The van der Waals surface area contributed by atoms with E-state index in [0.29, 0.717) is 11.9 Å². The van der Waals surface area contributed by atoms with Crippen LogP contribution in [0.5, 0.6) is 0 Å². The SMILES string of the molecule is CN(c1nn(-c2ccccc2F)nc1C#N)C1CCCCC1. The first-order valence-electron chi connectivity index (χ1n) is 7.56. The first kappa shape index (κ1) is 14.5. The molecular formula is C16H18FN5. The van der Waals surface area contributed by atoms with Gasteiger partial charge in [0.25, 0.3) is 0 Å². The summed E-state index contributed by atoms with van der Waals surface area (Å²) in [6.07, 6.45) is 5.83. The highest BCUT2D eigenvalue weighted by Crippen LogP contribution is 2.27. The molecule has 0 bridgehead atoms. The number of hydrogen-bond donors (Lipinski definition) is 0. The maximum absolute atomic E-state index is 13.9. The Kier molecular flexibility index (Phi) is 4.05. The quantitative estimate of drug-likeness (QED) is 0.874. The number of nitriles is 1. The summed E-state index contributed by atoms with van der Waals surface area (Å²) in [6, 6.07) is 8.72. The smallest absolute Gasteiger partial charge is 0.207 e. The average molecular weight is 299 g/mol. The van der Waals surface area contributed by atoms with Gasteiger partial charge in [0.2, 0.25) is 5.69 Å². The molecular weight excluding hydrogens is 281 g/mol. The van der Waals surface area contributed by atoms with Crippen LogP contribution in [0.3, 0.4) is 0 Å². The third-order valence-corrected chi connectivity index (χ3v) is 4.23. The minimum Gasteiger partial charge on any atom is -0.353 e. The number of anilines is 1. The van der Waals surface area contributed by atoms with Crippen molar-refractivity contribution in [1.29, 1.82) is 5.26 Å². The fourth-order valence-electron chi connectivity index (χ4n) is 2.97. The zero-order chi connectivity index (χ0) is 15.5. The first-order chi connectivity index (χ1) is 10.7. The van der Waals surface area contributed by atoms with Gasteiger partial charge < -0.3 is 4.90 Å². The minimum atomic E-state index is -0.408. The molecule has 3 rings (SSSR count). The Morgan fingerprint density at radius 2 is 1.95 bits per heavy atom. The molecule has 1 aliphatic carbocycles. The molecule has 0 atom stereocenters. The Morgan fingerprint density at radius 1 is 1.23 bits per heavy atom. The van der Waals surface area contributed by atoms with Crippen LogP contribution in [-0.4, -0.2) is 28.1 Å². The Bertz CT molecular complexity index is 697. The summed E-state index contributed by atoms with van der Waals surface area (Å²) in [4.78, 5) is 3.23. The molecule has 22 heavy (non-hydrogen) atoms. The minimum absolute atomic E-state index is 0.233. The van der Waals surface area contributed by atoms with Crippen LogP contribution in [0.15, 0.2) is 24.3 Å². The molecule has 1 aliphatic rings. The predicted molar refractivity (Wildman–Crippen MR) is 81.3 cm³/mol. The van der Waals surface area contributed by atoms with E-state index in [1.54, 1.807) is 18.2 Å². The average Bonchev–Trinajstić information content (AvgIpc) is 2.99. The highest BCUT2D eigenvalue weighted by Gasteiger charge is 2.24. The zero-order valence-electron chi connectivity index (χ0n) is 12.5. The molecule has 1 aromatic carbocycles. The topological polar surface area (TPSA) is 57.7 Å². The number of hydrogen-bond acceptors (Lipinski definition) is 4. The van der Waals surface area contributed by atoms with Crippen molar-refractivity contribution >= 4 is 5.82 Å². The highest BCUT2D eigenvalue weighted by molar-refractivity contribution is 5.50. The van der Waals surface area contributed by atoms with Gasteiger partial charge in [-0.3, -0.25) is 0 Å². The molecule has 1 heterocycles. The molecule has 0 radical (unpaired) electrons. The molecule has 0 unspecified atom stereocenters. The van der Waals surface area contributed by atoms with Gasteiger partial charge >= 0.3 is 0 Å². The van der Waals surface area contributed by atoms with Crippen LogP contribution in [0.2, 0.25) is 0 Å². The van der Waals surface area contributed by atoms with Crippen LogP contribution in [0, 0.1) is 17.1 Å². The maximum Gasteiger partial charge on any atom is 0.207 e. The van der Waals surface area contributed by atoms with Crippen LogP contribution in [-0.2, 0) is 0 Å². The summed E-state index contributed by atoms with van der Waals surface area (Å²) >= 11 is 0. The monoisotopic (exact) mass is 299 g/mol. The van der Waals surface area contributed by atoms with E-state index < -0.39 is 5.82 Å². The summed E-state index contributed by atoms with van der Waals surface area (Å²) < 4.78 is 13.9. The van der Waals surface area contributed by atoms with E-state index in [0.717, 1.165) is 12.8 Å². The number of aromatic nitrogens is 3. The van der Waals surface area contributed by atoms with Crippen LogP contribution >= 0.6 is 0 Å². The van der Waals surface area contributed by atoms with E-state index in [1.807, 2.05) is 11.9 Å². The standard InChI is InChI=1S/C16H18FN5/c1-21(12-7-3-2-4-8-12)16-14(11-18)19-22(20-16)15-10-6-5-9-13(15)17/h5-6,9-10,12H,2-4,7-8H2,1H3. The molecule has 0 spiro atoms. The first-order valence-corrected chi connectivity index (χ1v) is 7.56. The lowest BCUT2D eigenvalue weighted by atomic mass is 9.94. The van der Waals surface area contributed by atoms with Crippen molar-refractivity contribution in [2.45, 2.75) is 38.1 Å².